The van der Waals surface area contributed by atoms with Crippen molar-refractivity contribution < 1.29 is 0 Å². The van der Waals surface area contributed by atoms with Crippen molar-refractivity contribution >= 4 is 0 Å². The lowest BCUT2D eigenvalue weighted by molar-refractivity contribution is 0.172. The van der Waals surface area contributed by atoms with Crippen LogP contribution in [0.3, 0.4) is 0 Å². The highest BCUT2D eigenvalue weighted by atomic mass is 15.2. The van der Waals surface area contributed by atoms with E-state index in [-0.39, 0.29) is 0 Å². The summed E-state index contributed by atoms with van der Waals surface area (Å²) in [5, 5.41) is 3.66. The Morgan fingerprint density at radius 3 is 2.35 bits per heavy atom. The SMILES string of the molecule is CC(C)NCC(c1ccccc1)N(CC1CC1)C1CC1. The average Bonchev–Trinajstić information content (AvgIpc) is 3.32. The average molecular weight is 272 g/mol. The Morgan fingerprint density at radius 2 is 1.80 bits per heavy atom. The molecule has 1 N–H and O–H groups in total. The lowest BCUT2D eigenvalue weighted by Gasteiger charge is -2.33. The highest BCUT2D eigenvalue weighted by molar-refractivity contribution is 5.20. The van der Waals surface area contributed by atoms with E-state index < -0.39 is 0 Å². The predicted octanol–water partition coefficient (Wildman–Crippen LogP) is 3.60. The molecule has 1 aromatic carbocycles. The summed E-state index contributed by atoms with van der Waals surface area (Å²) in [7, 11) is 0. The molecule has 0 aromatic heterocycles. The smallest absolute Gasteiger partial charge is 0.0475 e. The summed E-state index contributed by atoms with van der Waals surface area (Å²) in [4.78, 5) is 2.79. The maximum absolute atomic E-state index is 3.66. The zero-order valence-electron chi connectivity index (χ0n) is 12.9. The summed E-state index contributed by atoms with van der Waals surface area (Å²) in [6, 6.07) is 13.0. The lowest BCUT2D eigenvalue weighted by atomic mass is 10.0. The van der Waals surface area contributed by atoms with Crippen molar-refractivity contribution in [1.82, 2.24) is 10.2 Å². The van der Waals surface area contributed by atoms with Crippen LogP contribution in [0.4, 0.5) is 0 Å². The molecule has 2 nitrogen and oxygen atoms in total. The van der Waals surface area contributed by atoms with E-state index in [4.69, 9.17) is 0 Å². The maximum atomic E-state index is 3.66. The van der Waals surface area contributed by atoms with Gasteiger partial charge in [-0.05, 0) is 37.2 Å². The van der Waals surface area contributed by atoms with Crippen LogP contribution in [0.2, 0.25) is 0 Å². The molecule has 0 spiro atoms. The summed E-state index contributed by atoms with van der Waals surface area (Å²) in [6.45, 7) is 6.86. The minimum Gasteiger partial charge on any atom is -0.313 e. The van der Waals surface area contributed by atoms with Crippen LogP contribution >= 0.6 is 0 Å². The first-order valence-corrected chi connectivity index (χ1v) is 8.28. The number of hydrogen-bond donors (Lipinski definition) is 1. The number of hydrogen-bond acceptors (Lipinski definition) is 2. The van der Waals surface area contributed by atoms with Crippen molar-refractivity contribution in [2.75, 3.05) is 13.1 Å². The molecule has 110 valence electrons. The van der Waals surface area contributed by atoms with Gasteiger partial charge in [-0.2, -0.15) is 0 Å². The third-order valence-corrected chi connectivity index (χ3v) is 4.49. The fourth-order valence-corrected chi connectivity index (χ4v) is 2.98. The Bertz CT molecular complexity index is 407. The number of benzene rings is 1. The van der Waals surface area contributed by atoms with Gasteiger partial charge in [0.05, 0.1) is 0 Å². The zero-order valence-corrected chi connectivity index (χ0v) is 12.9. The Balaban J connectivity index is 1.74. The Morgan fingerprint density at radius 1 is 1.10 bits per heavy atom. The molecule has 0 saturated heterocycles. The molecule has 1 atom stereocenters. The molecular formula is C18H28N2. The maximum Gasteiger partial charge on any atom is 0.0475 e. The van der Waals surface area contributed by atoms with Crippen LogP contribution in [0.5, 0.6) is 0 Å². The summed E-state index contributed by atoms with van der Waals surface area (Å²) < 4.78 is 0. The molecule has 2 saturated carbocycles. The van der Waals surface area contributed by atoms with Crippen molar-refractivity contribution in [3.63, 3.8) is 0 Å². The van der Waals surface area contributed by atoms with E-state index >= 15 is 0 Å². The first kappa shape index (κ1) is 14.1. The molecule has 1 unspecified atom stereocenters. The molecule has 0 bridgehead atoms. The van der Waals surface area contributed by atoms with Crippen LogP contribution in [0.15, 0.2) is 30.3 Å². The van der Waals surface area contributed by atoms with Crippen molar-refractivity contribution in [1.29, 1.82) is 0 Å². The van der Waals surface area contributed by atoms with E-state index in [1.54, 1.807) is 0 Å². The largest absolute Gasteiger partial charge is 0.313 e. The molecule has 2 aliphatic rings. The third-order valence-electron chi connectivity index (χ3n) is 4.49. The standard InChI is InChI=1S/C18H28N2/c1-14(2)19-12-18(16-6-4-3-5-7-16)20(17-10-11-17)13-15-8-9-15/h3-7,14-15,17-19H,8-13H2,1-2H3. The minimum absolute atomic E-state index is 0.548. The van der Waals surface area contributed by atoms with Crippen LogP contribution in [-0.2, 0) is 0 Å². The van der Waals surface area contributed by atoms with Crippen LogP contribution < -0.4 is 5.32 Å². The quantitative estimate of drug-likeness (QED) is 0.778. The second kappa shape index (κ2) is 6.28. The van der Waals surface area contributed by atoms with Gasteiger partial charge in [-0.3, -0.25) is 4.90 Å². The van der Waals surface area contributed by atoms with Gasteiger partial charge in [0, 0.05) is 31.2 Å². The molecule has 1 aromatic rings. The number of rotatable bonds is 8. The Labute approximate surface area is 123 Å². The van der Waals surface area contributed by atoms with Gasteiger partial charge in [-0.15, -0.1) is 0 Å². The second-order valence-electron chi connectivity index (χ2n) is 6.86. The molecule has 3 rings (SSSR count). The van der Waals surface area contributed by atoms with Gasteiger partial charge in [-0.25, -0.2) is 0 Å². The van der Waals surface area contributed by atoms with Gasteiger partial charge in [0.2, 0.25) is 0 Å². The van der Waals surface area contributed by atoms with Crippen LogP contribution in [0.25, 0.3) is 0 Å². The summed E-state index contributed by atoms with van der Waals surface area (Å²) in [5.41, 5.74) is 1.48. The van der Waals surface area contributed by atoms with Crippen LogP contribution in [0.1, 0.15) is 51.1 Å². The van der Waals surface area contributed by atoms with Crippen molar-refractivity contribution in [3.8, 4) is 0 Å². The first-order chi connectivity index (χ1) is 9.74. The molecule has 0 heterocycles. The Kier molecular flexibility index (Phi) is 4.42. The zero-order chi connectivity index (χ0) is 13.9. The van der Waals surface area contributed by atoms with Gasteiger partial charge in [0.15, 0.2) is 0 Å². The Hall–Kier alpha value is -0.860. The molecule has 20 heavy (non-hydrogen) atoms. The van der Waals surface area contributed by atoms with E-state index in [1.807, 2.05) is 0 Å². The lowest BCUT2D eigenvalue weighted by Crippen LogP contribution is -2.40. The monoisotopic (exact) mass is 272 g/mol. The molecule has 0 radical (unpaired) electrons. The van der Waals surface area contributed by atoms with Gasteiger partial charge < -0.3 is 5.32 Å². The van der Waals surface area contributed by atoms with Gasteiger partial charge in [-0.1, -0.05) is 44.2 Å². The van der Waals surface area contributed by atoms with Gasteiger partial charge in [0.1, 0.15) is 0 Å². The van der Waals surface area contributed by atoms with Crippen molar-refractivity contribution in [2.24, 2.45) is 5.92 Å². The molecule has 0 amide bonds. The summed E-state index contributed by atoms with van der Waals surface area (Å²) >= 11 is 0. The fourth-order valence-electron chi connectivity index (χ4n) is 2.98. The summed E-state index contributed by atoms with van der Waals surface area (Å²) in [5.74, 6) is 0.973. The van der Waals surface area contributed by atoms with Crippen LogP contribution in [-0.4, -0.2) is 30.1 Å². The minimum atomic E-state index is 0.548. The highest BCUT2D eigenvalue weighted by Gasteiger charge is 2.37. The number of nitrogens with one attached hydrogen (secondary N) is 1. The second-order valence-corrected chi connectivity index (χ2v) is 6.86. The molecular weight excluding hydrogens is 244 g/mol. The van der Waals surface area contributed by atoms with Gasteiger partial charge in [0.25, 0.3) is 0 Å². The molecule has 2 fully saturated rings. The number of nitrogens with zero attached hydrogens (tertiary/aromatic N) is 1. The van der Waals surface area contributed by atoms with Crippen molar-refractivity contribution in [3.05, 3.63) is 35.9 Å². The van der Waals surface area contributed by atoms with E-state index in [0.717, 1.165) is 18.5 Å². The highest BCUT2D eigenvalue weighted by Crippen LogP contribution is 2.39. The van der Waals surface area contributed by atoms with Crippen LogP contribution in [0, 0.1) is 5.92 Å². The third kappa shape index (κ3) is 3.83. The fraction of sp³-hybridized carbons (Fsp3) is 0.667. The molecule has 2 aliphatic carbocycles. The molecule has 2 heteroatoms. The van der Waals surface area contributed by atoms with E-state index in [1.165, 1.54) is 37.8 Å². The van der Waals surface area contributed by atoms with E-state index in [9.17, 15) is 0 Å². The molecule has 0 aliphatic heterocycles. The van der Waals surface area contributed by atoms with E-state index in [0.29, 0.717) is 12.1 Å². The summed E-state index contributed by atoms with van der Waals surface area (Å²) in [6.07, 6.45) is 5.69. The predicted molar refractivity (Wildman–Crippen MR) is 84.8 cm³/mol. The van der Waals surface area contributed by atoms with Crippen molar-refractivity contribution in [2.45, 2.75) is 57.7 Å². The van der Waals surface area contributed by atoms with E-state index in [2.05, 4.69) is 54.4 Å². The topological polar surface area (TPSA) is 15.3 Å². The van der Waals surface area contributed by atoms with Gasteiger partial charge >= 0.3 is 0 Å². The first-order valence-electron chi connectivity index (χ1n) is 8.28. The normalized spacial score (nSPS) is 20.6.